The van der Waals surface area contributed by atoms with Gasteiger partial charge in [0.2, 0.25) is 0 Å². The van der Waals surface area contributed by atoms with Gasteiger partial charge >= 0.3 is 11.9 Å². The molecule has 0 N–H and O–H groups in total. The lowest BCUT2D eigenvalue weighted by Gasteiger charge is -2.28. The van der Waals surface area contributed by atoms with Gasteiger partial charge < -0.3 is 27.9 Å². The van der Waals surface area contributed by atoms with Crippen molar-refractivity contribution in [3.63, 3.8) is 0 Å². The smallest absolute Gasteiger partial charge is 0.306 e. The highest BCUT2D eigenvalue weighted by atomic mass is 31.2. The van der Waals surface area contributed by atoms with Crippen LogP contribution in [-0.4, -0.2) is 70.0 Å². The molecule has 0 aliphatic heterocycles. The molecular formula is C54H98NO8P. The SMILES string of the molecule is CCCCCCCC/C=C/C/C=C/C/C=C/CCCC(=O)O[C@@H](COC(=O)CCC/C=C/CC/C=C/CCCCCCCCCCCCCCCC)COP(=O)([O-])OCC[N+](C)(C)C. The molecule has 9 nitrogen and oxygen atoms in total. The molecule has 0 aromatic rings. The van der Waals surface area contributed by atoms with Gasteiger partial charge in [0.25, 0.3) is 7.82 Å². The number of phosphoric acid groups is 1. The first-order chi connectivity index (χ1) is 31.0. The Balaban J connectivity index is 4.35. The van der Waals surface area contributed by atoms with E-state index in [1.165, 1.54) is 128 Å². The van der Waals surface area contributed by atoms with E-state index >= 15 is 0 Å². The molecule has 0 aromatic heterocycles. The quantitative estimate of drug-likeness (QED) is 0.0195. The second-order valence-corrected chi connectivity index (χ2v) is 19.9. The Labute approximate surface area is 394 Å². The summed E-state index contributed by atoms with van der Waals surface area (Å²) in [5.74, 6) is -0.944. The third-order valence-corrected chi connectivity index (χ3v) is 12.0. The summed E-state index contributed by atoms with van der Waals surface area (Å²) in [7, 11) is 1.11. The lowest BCUT2D eigenvalue weighted by atomic mass is 10.0. The second-order valence-electron chi connectivity index (χ2n) is 18.5. The van der Waals surface area contributed by atoms with Crippen LogP contribution in [0.15, 0.2) is 60.8 Å². The molecule has 0 spiro atoms. The molecule has 0 amide bonds. The number of likely N-dealkylation sites (N-methyl/N-ethyl adjacent to an activating group) is 1. The monoisotopic (exact) mass is 920 g/mol. The summed E-state index contributed by atoms with van der Waals surface area (Å²) in [6.45, 7) is 4.14. The first kappa shape index (κ1) is 61.7. The van der Waals surface area contributed by atoms with Crippen LogP contribution in [0.5, 0.6) is 0 Å². The van der Waals surface area contributed by atoms with Crippen molar-refractivity contribution in [2.24, 2.45) is 0 Å². The number of unbranched alkanes of at least 4 members (excludes halogenated alkanes) is 23. The number of hydrogen-bond acceptors (Lipinski definition) is 8. The number of rotatable bonds is 47. The van der Waals surface area contributed by atoms with Crippen LogP contribution in [-0.2, 0) is 32.7 Å². The maximum atomic E-state index is 12.7. The standard InChI is InChI=1S/C54H98NO8P/c1-6-8-10-12-14-16-18-20-22-24-25-26-27-28-29-31-32-34-36-38-40-42-44-46-53(56)60-50-52(51-62-64(58,59)61-49-48-55(3,4)5)63-54(57)47-45-43-41-39-37-35-33-30-23-21-19-17-15-13-11-9-7-2/h21,23,31-33,35,38-41,52H,6-20,22,24-30,34,36-37,42-51H2,1-5H3/b23-21+,32-31+,35-33+,40-38+,41-39+/t52-/m0/s1. The number of quaternary nitrogens is 1. The zero-order chi connectivity index (χ0) is 47.1. The van der Waals surface area contributed by atoms with Gasteiger partial charge in [0, 0.05) is 12.8 Å². The molecule has 0 aromatic carbocycles. The van der Waals surface area contributed by atoms with Crippen LogP contribution in [0.4, 0.5) is 0 Å². The maximum absolute atomic E-state index is 12.7. The van der Waals surface area contributed by atoms with Crippen molar-refractivity contribution >= 4 is 19.8 Å². The van der Waals surface area contributed by atoms with E-state index in [1.807, 2.05) is 27.2 Å². The van der Waals surface area contributed by atoms with Crippen LogP contribution >= 0.6 is 7.82 Å². The fourth-order valence-corrected chi connectivity index (χ4v) is 7.66. The Hall–Kier alpha value is -2.29. The highest BCUT2D eigenvalue weighted by Gasteiger charge is 2.21. The highest BCUT2D eigenvalue weighted by molar-refractivity contribution is 7.45. The van der Waals surface area contributed by atoms with Crippen LogP contribution in [0, 0.1) is 0 Å². The molecule has 1 unspecified atom stereocenters. The summed E-state index contributed by atoms with van der Waals surface area (Å²) in [6, 6.07) is 0. The van der Waals surface area contributed by atoms with Crippen molar-refractivity contribution in [2.75, 3.05) is 47.5 Å². The summed E-state index contributed by atoms with van der Waals surface area (Å²) >= 11 is 0. The summed E-state index contributed by atoms with van der Waals surface area (Å²) in [5, 5.41) is 0. The van der Waals surface area contributed by atoms with Gasteiger partial charge in [-0.25, -0.2) is 0 Å². The maximum Gasteiger partial charge on any atom is 0.306 e. The van der Waals surface area contributed by atoms with Gasteiger partial charge in [0.05, 0.1) is 27.7 Å². The van der Waals surface area contributed by atoms with E-state index < -0.39 is 32.5 Å². The number of nitrogens with zero attached hydrogens (tertiary/aromatic N) is 1. The van der Waals surface area contributed by atoms with Crippen molar-refractivity contribution < 1.29 is 42.1 Å². The Bertz CT molecular complexity index is 1270. The molecule has 2 atom stereocenters. The van der Waals surface area contributed by atoms with E-state index in [0.717, 1.165) is 44.9 Å². The molecule has 0 saturated carbocycles. The van der Waals surface area contributed by atoms with Gasteiger partial charge in [-0.2, -0.15) is 0 Å². The molecule has 0 radical (unpaired) electrons. The van der Waals surface area contributed by atoms with Crippen molar-refractivity contribution in [3.8, 4) is 0 Å². The normalized spacial score (nSPS) is 13.9. The number of esters is 2. The van der Waals surface area contributed by atoms with Gasteiger partial charge in [0.15, 0.2) is 6.10 Å². The fourth-order valence-electron chi connectivity index (χ4n) is 6.93. The molecule has 0 saturated heterocycles. The van der Waals surface area contributed by atoms with E-state index in [9.17, 15) is 19.0 Å². The van der Waals surface area contributed by atoms with Crippen LogP contribution in [0.3, 0.4) is 0 Å². The van der Waals surface area contributed by atoms with E-state index in [1.54, 1.807) is 0 Å². The third kappa shape index (κ3) is 49.2. The summed E-state index contributed by atoms with van der Waals surface area (Å²) < 4.78 is 33.9. The summed E-state index contributed by atoms with van der Waals surface area (Å²) in [6.07, 6.45) is 57.1. The Morgan fingerprint density at radius 3 is 1.31 bits per heavy atom. The molecule has 0 bridgehead atoms. The number of hydrogen-bond donors (Lipinski definition) is 0. The van der Waals surface area contributed by atoms with E-state index in [-0.39, 0.29) is 26.1 Å². The second kappa shape index (κ2) is 45.8. The van der Waals surface area contributed by atoms with Gasteiger partial charge in [-0.15, -0.1) is 0 Å². The predicted molar refractivity (Wildman–Crippen MR) is 268 cm³/mol. The van der Waals surface area contributed by atoms with Gasteiger partial charge in [-0.05, 0) is 77.0 Å². The largest absolute Gasteiger partial charge is 0.756 e. The number of carbonyl (C=O) groups is 2. The molecule has 10 heteroatoms. The summed E-state index contributed by atoms with van der Waals surface area (Å²) in [5.41, 5.74) is 0. The van der Waals surface area contributed by atoms with Crippen molar-refractivity contribution in [2.45, 2.75) is 225 Å². The minimum Gasteiger partial charge on any atom is -0.756 e. The molecule has 0 heterocycles. The van der Waals surface area contributed by atoms with Crippen molar-refractivity contribution in [1.29, 1.82) is 0 Å². The van der Waals surface area contributed by atoms with E-state index in [0.29, 0.717) is 30.3 Å². The number of ether oxygens (including phenoxy) is 2. The van der Waals surface area contributed by atoms with E-state index in [2.05, 4.69) is 68.5 Å². The average Bonchev–Trinajstić information content (AvgIpc) is 3.25. The number of allylic oxidation sites excluding steroid dienone is 10. The number of carbonyl (C=O) groups excluding carboxylic acids is 2. The molecular weight excluding hydrogens is 822 g/mol. The van der Waals surface area contributed by atoms with Crippen LogP contribution in [0.1, 0.15) is 219 Å². The molecule has 372 valence electrons. The van der Waals surface area contributed by atoms with Crippen LogP contribution in [0.2, 0.25) is 0 Å². The fraction of sp³-hybridized carbons (Fsp3) is 0.778. The molecule has 64 heavy (non-hydrogen) atoms. The third-order valence-electron chi connectivity index (χ3n) is 11.0. The summed E-state index contributed by atoms with van der Waals surface area (Å²) in [4.78, 5) is 37.6. The van der Waals surface area contributed by atoms with Crippen molar-refractivity contribution in [3.05, 3.63) is 60.8 Å². The Morgan fingerprint density at radius 1 is 0.484 bits per heavy atom. The molecule has 0 aliphatic rings. The Morgan fingerprint density at radius 2 is 0.859 bits per heavy atom. The minimum atomic E-state index is -4.65. The van der Waals surface area contributed by atoms with Crippen LogP contribution in [0.25, 0.3) is 0 Å². The minimum absolute atomic E-state index is 0.0475. The zero-order valence-corrected chi connectivity index (χ0v) is 42.9. The first-order valence-electron chi connectivity index (χ1n) is 26.0. The number of phosphoric ester groups is 1. The topological polar surface area (TPSA) is 111 Å². The zero-order valence-electron chi connectivity index (χ0n) is 42.0. The van der Waals surface area contributed by atoms with Crippen LogP contribution < -0.4 is 4.89 Å². The van der Waals surface area contributed by atoms with E-state index in [4.69, 9.17) is 18.5 Å². The van der Waals surface area contributed by atoms with Crippen molar-refractivity contribution in [1.82, 2.24) is 0 Å². The van der Waals surface area contributed by atoms with Gasteiger partial charge in [-0.3, -0.25) is 14.2 Å². The lowest BCUT2D eigenvalue weighted by molar-refractivity contribution is -0.870. The first-order valence-corrected chi connectivity index (χ1v) is 27.5. The molecule has 0 rings (SSSR count). The lowest BCUT2D eigenvalue weighted by Crippen LogP contribution is -2.37. The highest BCUT2D eigenvalue weighted by Crippen LogP contribution is 2.38. The predicted octanol–water partition coefficient (Wildman–Crippen LogP) is 15.0. The molecule has 0 aliphatic carbocycles. The van der Waals surface area contributed by atoms with Gasteiger partial charge in [0.1, 0.15) is 19.8 Å². The van der Waals surface area contributed by atoms with Gasteiger partial charge in [-0.1, -0.05) is 190 Å². The average molecular weight is 920 g/mol. The molecule has 0 fully saturated rings. The Kier molecular flexibility index (Phi) is 44.2.